The van der Waals surface area contributed by atoms with Gasteiger partial charge in [-0.3, -0.25) is 4.79 Å². The first-order valence-corrected chi connectivity index (χ1v) is 12.2. The van der Waals surface area contributed by atoms with Gasteiger partial charge in [-0.1, -0.05) is 42.8 Å². The van der Waals surface area contributed by atoms with E-state index >= 15 is 0 Å². The molecule has 32 heavy (non-hydrogen) atoms. The number of carbonyl (C=O) groups is 1. The van der Waals surface area contributed by atoms with E-state index in [1.165, 1.54) is 4.31 Å². The van der Waals surface area contributed by atoms with Gasteiger partial charge in [0.2, 0.25) is 15.9 Å². The van der Waals surface area contributed by atoms with Gasteiger partial charge in [0, 0.05) is 40.6 Å². The Labute approximate surface area is 188 Å². The summed E-state index contributed by atoms with van der Waals surface area (Å²) in [5.41, 5.74) is 3.87. The fraction of sp³-hybridized carbons (Fsp3) is 0.240. The van der Waals surface area contributed by atoms with Crippen LogP contribution in [0.15, 0.2) is 71.6 Å². The normalized spacial score (nSPS) is 12.0. The van der Waals surface area contributed by atoms with E-state index in [0.29, 0.717) is 5.69 Å². The third kappa shape index (κ3) is 4.01. The largest absolute Gasteiger partial charge is 0.341 e. The molecule has 0 bridgehead atoms. The van der Waals surface area contributed by atoms with Crippen LogP contribution in [0.5, 0.6) is 0 Å². The van der Waals surface area contributed by atoms with Gasteiger partial charge in [-0.25, -0.2) is 8.42 Å². The average molecular weight is 450 g/mol. The summed E-state index contributed by atoms with van der Waals surface area (Å²) in [5.74, 6) is -0.374. The van der Waals surface area contributed by atoms with Crippen LogP contribution >= 0.6 is 0 Å². The Kier molecular flexibility index (Phi) is 6.04. The molecule has 1 aromatic heterocycles. The first-order chi connectivity index (χ1) is 15.3. The van der Waals surface area contributed by atoms with E-state index in [9.17, 15) is 13.2 Å². The monoisotopic (exact) mass is 449 g/mol. The van der Waals surface area contributed by atoms with Gasteiger partial charge in [-0.05, 0) is 50.2 Å². The summed E-state index contributed by atoms with van der Waals surface area (Å²) < 4.78 is 29.4. The molecular weight excluding hydrogens is 422 g/mol. The molecule has 0 saturated carbocycles. The smallest absolute Gasteiger partial charge is 0.243 e. The number of aromatic nitrogens is 1. The molecule has 0 unspecified atom stereocenters. The van der Waals surface area contributed by atoms with E-state index in [4.69, 9.17) is 0 Å². The first kappa shape index (κ1) is 22.0. The maximum atomic E-state index is 13.0. The van der Waals surface area contributed by atoms with E-state index < -0.39 is 10.0 Å². The molecule has 4 aromatic rings. The third-order valence-electron chi connectivity index (χ3n) is 5.70. The number of carbonyl (C=O) groups excluding carboxylic acids is 1. The number of para-hydroxylation sites is 1. The molecule has 0 atom stereocenters. The van der Waals surface area contributed by atoms with Crippen LogP contribution in [-0.4, -0.2) is 36.3 Å². The van der Waals surface area contributed by atoms with E-state index in [-0.39, 0.29) is 23.9 Å². The van der Waals surface area contributed by atoms with Crippen LogP contribution in [0, 0.1) is 6.92 Å². The summed E-state index contributed by atoms with van der Waals surface area (Å²) in [5, 5.41) is 5.05. The Morgan fingerprint density at radius 1 is 0.938 bits per heavy atom. The third-order valence-corrected chi connectivity index (χ3v) is 7.64. The molecule has 1 amide bonds. The molecule has 0 radical (unpaired) electrons. The highest BCUT2D eigenvalue weighted by Gasteiger charge is 2.25. The fourth-order valence-corrected chi connectivity index (χ4v) is 5.46. The molecule has 0 spiro atoms. The maximum absolute atomic E-state index is 13.0. The van der Waals surface area contributed by atoms with Crippen molar-refractivity contribution in [3.63, 3.8) is 0 Å². The quantitative estimate of drug-likeness (QED) is 0.442. The van der Waals surface area contributed by atoms with Gasteiger partial charge in [0.1, 0.15) is 0 Å². The lowest BCUT2D eigenvalue weighted by Crippen LogP contribution is -2.37. The van der Waals surface area contributed by atoms with Gasteiger partial charge >= 0.3 is 0 Å². The lowest BCUT2D eigenvalue weighted by atomic mass is 10.1. The maximum Gasteiger partial charge on any atom is 0.243 e. The molecular formula is C25H27N3O3S. The fourth-order valence-electron chi connectivity index (χ4n) is 4.06. The zero-order chi connectivity index (χ0) is 22.9. The summed E-state index contributed by atoms with van der Waals surface area (Å²) in [7, 11) is -3.75. The van der Waals surface area contributed by atoms with Gasteiger partial charge in [0.25, 0.3) is 0 Å². The highest BCUT2D eigenvalue weighted by atomic mass is 32.2. The van der Waals surface area contributed by atoms with Crippen LogP contribution in [0.4, 0.5) is 5.69 Å². The van der Waals surface area contributed by atoms with E-state index in [0.717, 1.165) is 33.9 Å². The number of nitrogens with one attached hydrogen (secondary N) is 1. The zero-order valence-corrected chi connectivity index (χ0v) is 19.3. The number of hydrogen-bond acceptors (Lipinski definition) is 3. The van der Waals surface area contributed by atoms with Crippen molar-refractivity contribution < 1.29 is 13.2 Å². The number of aryl methyl sites for hydroxylation is 2. The van der Waals surface area contributed by atoms with Crippen molar-refractivity contribution in [3.05, 3.63) is 72.3 Å². The van der Waals surface area contributed by atoms with Crippen molar-refractivity contribution in [2.45, 2.75) is 32.2 Å². The predicted molar refractivity (Wildman–Crippen MR) is 129 cm³/mol. The van der Waals surface area contributed by atoms with Gasteiger partial charge in [-0.2, -0.15) is 4.31 Å². The summed E-state index contributed by atoms with van der Waals surface area (Å²) >= 11 is 0. The number of amides is 1. The Morgan fingerprint density at radius 2 is 1.62 bits per heavy atom. The molecule has 6 nitrogen and oxygen atoms in total. The number of sulfonamides is 1. The first-order valence-electron chi connectivity index (χ1n) is 10.7. The van der Waals surface area contributed by atoms with Crippen molar-refractivity contribution in [3.8, 4) is 0 Å². The second kappa shape index (κ2) is 8.76. The minimum Gasteiger partial charge on any atom is -0.341 e. The van der Waals surface area contributed by atoms with Crippen LogP contribution in [0.25, 0.3) is 21.8 Å². The molecule has 3 aromatic carbocycles. The van der Waals surface area contributed by atoms with Crippen LogP contribution in [0.3, 0.4) is 0 Å². The van der Waals surface area contributed by atoms with E-state index in [2.05, 4.69) is 28.9 Å². The van der Waals surface area contributed by atoms with Gasteiger partial charge in [0.15, 0.2) is 0 Å². The molecule has 0 saturated heterocycles. The Bertz CT molecular complexity index is 1390. The van der Waals surface area contributed by atoms with Crippen LogP contribution in [-0.2, 0) is 21.4 Å². The highest BCUT2D eigenvalue weighted by molar-refractivity contribution is 7.89. The molecule has 0 fully saturated rings. The molecule has 0 aliphatic heterocycles. The van der Waals surface area contributed by atoms with Gasteiger partial charge < -0.3 is 9.88 Å². The Hall–Kier alpha value is -3.16. The molecule has 166 valence electrons. The SMILES string of the molecule is CCN(CC(=O)Nc1ccc2c(c1)c1ccccc1n2CC)S(=O)(=O)c1ccc(C)cc1. The summed E-state index contributed by atoms with van der Waals surface area (Å²) in [6.45, 7) is 6.53. The van der Waals surface area contributed by atoms with Crippen molar-refractivity contribution in [1.82, 2.24) is 8.87 Å². The lowest BCUT2D eigenvalue weighted by Gasteiger charge is -2.20. The standard InChI is InChI=1S/C25H27N3O3S/c1-4-27(32(30,31)20-13-10-18(3)11-14-20)17-25(29)26-19-12-15-24-22(16-19)21-8-6-7-9-23(21)28(24)5-2/h6-16H,4-5,17H2,1-3H3,(H,26,29). The van der Waals surface area contributed by atoms with E-state index in [1.807, 2.05) is 37.3 Å². The molecule has 7 heteroatoms. The molecule has 1 N–H and O–H groups in total. The second-order valence-electron chi connectivity index (χ2n) is 7.79. The average Bonchev–Trinajstić information content (AvgIpc) is 3.10. The van der Waals surface area contributed by atoms with Crippen LogP contribution in [0.2, 0.25) is 0 Å². The summed E-state index contributed by atoms with van der Waals surface area (Å²) in [6.07, 6.45) is 0. The molecule has 0 aliphatic carbocycles. The number of hydrogen-bond donors (Lipinski definition) is 1. The van der Waals surface area contributed by atoms with Crippen molar-refractivity contribution in [2.24, 2.45) is 0 Å². The topological polar surface area (TPSA) is 71.4 Å². The van der Waals surface area contributed by atoms with Crippen molar-refractivity contribution in [1.29, 1.82) is 0 Å². The number of nitrogens with zero attached hydrogens (tertiary/aromatic N) is 2. The van der Waals surface area contributed by atoms with Crippen LogP contribution < -0.4 is 5.32 Å². The Balaban J connectivity index is 1.58. The highest BCUT2D eigenvalue weighted by Crippen LogP contribution is 2.31. The van der Waals surface area contributed by atoms with Crippen molar-refractivity contribution in [2.75, 3.05) is 18.4 Å². The minimum absolute atomic E-state index is 0.187. The summed E-state index contributed by atoms with van der Waals surface area (Å²) in [6, 6.07) is 20.6. The predicted octanol–water partition coefficient (Wildman–Crippen LogP) is 4.77. The summed E-state index contributed by atoms with van der Waals surface area (Å²) in [4.78, 5) is 12.9. The molecule has 0 aliphatic rings. The van der Waals surface area contributed by atoms with Gasteiger partial charge in [-0.15, -0.1) is 0 Å². The zero-order valence-electron chi connectivity index (χ0n) is 18.5. The van der Waals surface area contributed by atoms with Crippen LogP contribution in [0.1, 0.15) is 19.4 Å². The number of fused-ring (bicyclic) bond motifs is 3. The van der Waals surface area contributed by atoms with Gasteiger partial charge in [0.05, 0.1) is 11.4 Å². The second-order valence-corrected chi connectivity index (χ2v) is 9.72. The minimum atomic E-state index is -3.75. The number of anilines is 1. The molecule has 4 rings (SSSR count). The van der Waals surface area contributed by atoms with E-state index in [1.54, 1.807) is 31.2 Å². The molecule has 1 heterocycles. The Morgan fingerprint density at radius 3 is 2.31 bits per heavy atom. The number of benzene rings is 3. The van der Waals surface area contributed by atoms with Crippen molar-refractivity contribution >= 4 is 43.4 Å². The lowest BCUT2D eigenvalue weighted by molar-refractivity contribution is -0.116. The number of likely N-dealkylation sites (N-methyl/N-ethyl adjacent to an activating group) is 1. The number of rotatable bonds is 7.